The molecule has 0 bridgehead atoms. The molecule has 26 heavy (non-hydrogen) atoms. The van der Waals surface area contributed by atoms with Gasteiger partial charge in [-0.25, -0.2) is 0 Å². The number of hydrogen-bond donors (Lipinski definition) is 0. The van der Waals surface area contributed by atoms with Crippen molar-refractivity contribution in [2.45, 2.75) is 13.8 Å². The molecule has 7 heteroatoms. The zero-order valence-electron chi connectivity index (χ0n) is 14.7. The van der Waals surface area contributed by atoms with Gasteiger partial charge in [-0.1, -0.05) is 45.5 Å². The lowest BCUT2D eigenvalue weighted by molar-refractivity contribution is -0.120. The van der Waals surface area contributed by atoms with Crippen molar-refractivity contribution in [1.82, 2.24) is 10.2 Å². The maximum absolute atomic E-state index is 12.4. The fourth-order valence-electron chi connectivity index (χ4n) is 2.42. The van der Waals surface area contributed by atoms with E-state index in [0.29, 0.717) is 10.9 Å². The number of benzene rings is 2. The maximum atomic E-state index is 12.4. The number of aryl methyl sites for hydroxylation is 2. The third-order valence-electron chi connectivity index (χ3n) is 3.72. The summed E-state index contributed by atoms with van der Waals surface area (Å²) in [5.74, 6) is 0.514. The lowest BCUT2D eigenvalue weighted by atomic mass is 10.1. The van der Waals surface area contributed by atoms with Crippen LogP contribution >= 0.6 is 27.3 Å². The highest BCUT2D eigenvalue weighted by Gasteiger charge is 2.17. The van der Waals surface area contributed by atoms with Gasteiger partial charge in [0.25, 0.3) is 5.91 Å². The predicted octanol–water partition coefficient (Wildman–Crippen LogP) is 4.63. The first-order valence-corrected chi connectivity index (χ1v) is 9.60. The quantitative estimate of drug-likeness (QED) is 0.590. The van der Waals surface area contributed by atoms with Crippen LogP contribution in [0.25, 0.3) is 10.6 Å². The van der Waals surface area contributed by atoms with Crippen LogP contribution < -0.4 is 9.64 Å². The van der Waals surface area contributed by atoms with Gasteiger partial charge in [0.05, 0.1) is 0 Å². The second-order valence-corrected chi connectivity index (χ2v) is 7.83. The van der Waals surface area contributed by atoms with Crippen molar-refractivity contribution in [3.8, 4) is 16.3 Å². The van der Waals surface area contributed by atoms with Gasteiger partial charge in [-0.15, -0.1) is 10.2 Å². The lowest BCUT2D eigenvalue weighted by Gasteiger charge is -2.14. The van der Waals surface area contributed by atoms with Gasteiger partial charge in [-0.05, 0) is 49.2 Å². The fourth-order valence-corrected chi connectivity index (χ4v) is 3.52. The fraction of sp³-hybridized carbons (Fsp3) is 0.211. The molecule has 0 atom stereocenters. The van der Waals surface area contributed by atoms with Gasteiger partial charge in [0, 0.05) is 17.1 Å². The summed E-state index contributed by atoms with van der Waals surface area (Å²) in [4.78, 5) is 13.9. The van der Waals surface area contributed by atoms with Gasteiger partial charge in [0.15, 0.2) is 6.61 Å². The van der Waals surface area contributed by atoms with Gasteiger partial charge >= 0.3 is 0 Å². The highest BCUT2D eigenvalue weighted by atomic mass is 79.9. The molecule has 0 aliphatic rings. The normalized spacial score (nSPS) is 10.6. The van der Waals surface area contributed by atoms with Gasteiger partial charge in [0.1, 0.15) is 10.8 Å². The van der Waals surface area contributed by atoms with Crippen molar-refractivity contribution < 1.29 is 9.53 Å². The van der Waals surface area contributed by atoms with Gasteiger partial charge < -0.3 is 4.74 Å². The zero-order valence-corrected chi connectivity index (χ0v) is 17.1. The van der Waals surface area contributed by atoms with E-state index in [-0.39, 0.29) is 12.5 Å². The second kappa shape index (κ2) is 7.97. The summed E-state index contributed by atoms with van der Waals surface area (Å²) in [5.41, 5.74) is 3.16. The second-order valence-electron chi connectivity index (χ2n) is 5.96. The molecule has 0 N–H and O–H groups in total. The van der Waals surface area contributed by atoms with Crippen LogP contribution in [-0.2, 0) is 4.79 Å². The molecule has 2 aromatic carbocycles. The number of likely N-dealkylation sites (N-methyl/N-ethyl adjacent to an activating group) is 1. The van der Waals surface area contributed by atoms with E-state index in [4.69, 9.17) is 4.74 Å². The SMILES string of the molecule is Cc1cc(C)cc(OCC(=O)N(C)c2nnc(-c3ccc(Br)cc3)s2)c1. The number of anilines is 1. The van der Waals surface area contributed by atoms with Crippen LogP contribution in [-0.4, -0.2) is 29.8 Å². The molecule has 0 radical (unpaired) electrons. The topological polar surface area (TPSA) is 55.3 Å². The molecule has 0 saturated carbocycles. The third kappa shape index (κ3) is 4.47. The average Bonchev–Trinajstić information content (AvgIpc) is 3.09. The molecule has 0 saturated heterocycles. The molecule has 0 unspecified atom stereocenters. The first-order valence-electron chi connectivity index (χ1n) is 7.99. The average molecular weight is 432 g/mol. The smallest absolute Gasteiger partial charge is 0.266 e. The Morgan fingerprint density at radius 3 is 2.42 bits per heavy atom. The van der Waals surface area contributed by atoms with Crippen LogP contribution in [0.1, 0.15) is 11.1 Å². The molecule has 3 aromatic rings. The number of rotatable bonds is 5. The van der Waals surface area contributed by atoms with E-state index in [1.807, 2.05) is 50.2 Å². The lowest BCUT2D eigenvalue weighted by Crippen LogP contribution is -2.31. The van der Waals surface area contributed by atoms with E-state index >= 15 is 0 Å². The monoisotopic (exact) mass is 431 g/mol. The van der Waals surface area contributed by atoms with E-state index in [2.05, 4.69) is 32.2 Å². The summed E-state index contributed by atoms with van der Waals surface area (Å²) in [5, 5.41) is 9.61. The minimum absolute atomic E-state index is 0.0490. The van der Waals surface area contributed by atoms with Crippen LogP contribution in [0.15, 0.2) is 46.9 Å². The van der Waals surface area contributed by atoms with Crippen LogP contribution in [0.5, 0.6) is 5.75 Å². The predicted molar refractivity (Wildman–Crippen MR) is 108 cm³/mol. The molecule has 0 spiro atoms. The Morgan fingerprint density at radius 2 is 1.77 bits per heavy atom. The van der Waals surface area contributed by atoms with Crippen LogP contribution in [0.3, 0.4) is 0 Å². The maximum Gasteiger partial charge on any atom is 0.266 e. The number of halogens is 1. The van der Waals surface area contributed by atoms with Crippen molar-refractivity contribution in [3.05, 3.63) is 58.1 Å². The van der Waals surface area contributed by atoms with Gasteiger partial charge in [-0.3, -0.25) is 9.69 Å². The van der Waals surface area contributed by atoms with E-state index in [1.54, 1.807) is 7.05 Å². The molecular weight excluding hydrogens is 414 g/mol. The van der Waals surface area contributed by atoms with Crippen molar-refractivity contribution >= 4 is 38.3 Å². The Bertz CT molecular complexity index is 905. The summed E-state index contributed by atoms with van der Waals surface area (Å²) in [7, 11) is 1.68. The molecule has 1 aromatic heterocycles. The molecule has 0 fully saturated rings. The van der Waals surface area contributed by atoms with E-state index in [0.717, 1.165) is 26.2 Å². The van der Waals surface area contributed by atoms with E-state index in [9.17, 15) is 4.79 Å². The first-order chi connectivity index (χ1) is 12.4. The van der Waals surface area contributed by atoms with Crippen molar-refractivity contribution in [2.24, 2.45) is 0 Å². The summed E-state index contributed by atoms with van der Waals surface area (Å²) < 4.78 is 6.64. The van der Waals surface area contributed by atoms with Gasteiger partial charge in [0.2, 0.25) is 5.13 Å². The van der Waals surface area contributed by atoms with Crippen LogP contribution in [0.4, 0.5) is 5.13 Å². The van der Waals surface area contributed by atoms with Crippen LogP contribution in [0.2, 0.25) is 0 Å². The Hall–Kier alpha value is -2.25. The van der Waals surface area contributed by atoms with Crippen molar-refractivity contribution in [3.63, 3.8) is 0 Å². The van der Waals surface area contributed by atoms with Crippen molar-refractivity contribution in [2.75, 3.05) is 18.6 Å². The Kier molecular flexibility index (Phi) is 5.68. The molecule has 3 rings (SSSR count). The number of aromatic nitrogens is 2. The molecule has 1 amide bonds. The molecule has 1 heterocycles. The number of carbonyl (C=O) groups excluding carboxylic acids is 1. The molecule has 5 nitrogen and oxygen atoms in total. The Labute approximate surface area is 164 Å². The third-order valence-corrected chi connectivity index (χ3v) is 5.30. The number of nitrogens with zero attached hydrogens (tertiary/aromatic N) is 3. The number of amides is 1. The minimum Gasteiger partial charge on any atom is -0.484 e. The molecular formula is C19H18BrN3O2S. The van der Waals surface area contributed by atoms with Gasteiger partial charge in [-0.2, -0.15) is 0 Å². The van der Waals surface area contributed by atoms with Crippen molar-refractivity contribution in [1.29, 1.82) is 0 Å². The standard InChI is InChI=1S/C19H18BrN3O2S/c1-12-8-13(2)10-16(9-12)25-11-17(24)23(3)19-22-21-18(26-19)14-4-6-15(20)7-5-14/h4-10H,11H2,1-3H3. The summed E-state index contributed by atoms with van der Waals surface area (Å²) in [6.07, 6.45) is 0. The Balaban J connectivity index is 1.66. The number of ether oxygens (including phenoxy) is 1. The zero-order chi connectivity index (χ0) is 18.7. The minimum atomic E-state index is -0.178. The molecule has 0 aliphatic heterocycles. The summed E-state index contributed by atoms with van der Waals surface area (Å²) in [6.45, 7) is 3.95. The number of carbonyl (C=O) groups is 1. The highest BCUT2D eigenvalue weighted by molar-refractivity contribution is 9.10. The number of hydrogen-bond acceptors (Lipinski definition) is 5. The largest absolute Gasteiger partial charge is 0.484 e. The van der Waals surface area contributed by atoms with E-state index < -0.39 is 0 Å². The highest BCUT2D eigenvalue weighted by Crippen LogP contribution is 2.29. The molecule has 0 aliphatic carbocycles. The summed E-state index contributed by atoms with van der Waals surface area (Å²) in [6, 6.07) is 13.7. The van der Waals surface area contributed by atoms with Crippen LogP contribution in [0, 0.1) is 13.8 Å². The summed E-state index contributed by atoms with van der Waals surface area (Å²) >= 11 is 4.78. The Morgan fingerprint density at radius 1 is 1.12 bits per heavy atom. The van der Waals surface area contributed by atoms with E-state index in [1.165, 1.54) is 16.2 Å². The first kappa shape index (κ1) is 18.5. The molecule has 134 valence electrons.